The number of carbonyl (C=O) groups is 3. The Hall–Kier alpha value is -3.20. The highest BCUT2D eigenvalue weighted by atomic mass is 19.4. The Kier molecular flexibility index (Phi) is 12.5. The highest BCUT2D eigenvalue weighted by Crippen LogP contribution is 2.25. The first-order valence-electron chi connectivity index (χ1n) is 10.9. The number of aliphatic carboxylic acids is 2. The maximum Gasteiger partial charge on any atom is 0.490 e. The summed E-state index contributed by atoms with van der Waals surface area (Å²) in [5, 5.41) is 14.2. The number of allylic oxidation sites excluding steroid dienone is 1. The standard InChI is InChI=1S/C18H25N3O2.2C2HF3O2/c1-2-3-6-18(22)21-9-7-17-16(14-21)20(10-11-23-17)13-15-5-4-8-19-12-15;2*3-2(4,5)1(6)7/h2,4-5,8,12,16-17H,1,3,6-7,9-11,13-14H2;2*(H,6,7)/t16-,17-;;/m0../s1. The molecule has 3 rings (SSSR count). The summed E-state index contributed by atoms with van der Waals surface area (Å²) in [4.78, 5) is 38.7. The predicted octanol–water partition coefficient (Wildman–Crippen LogP) is 3.12. The van der Waals surface area contributed by atoms with E-state index in [1.54, 1.807) is 6.20 Å². The average molecular weight is 543 g/mol. The van der Waals surface area contributed by atoms with Crippen molar-refractivity contribution in [2.45, 2.75) is 50.3 Å². The molecule has 0 aliphatic carbocycles. The molecule has 15 heteroatoms. The molecule has 0 aromatic carbocycles. The maximum absolute atomic E-state index is 12.3. The maximum atomic E-state index is 12.3. The molecular weight excluding hydrogens is 516 g/mol. The van der Waals surface area contributed by atoms with Crippen LogP contribution in [0.25, 0.3) is 0 Å². The van der Waals surface area contributed by atoms with Crippen LogP contribution < -0.4 is 0 Å². The molecule has 208 valence electrons. The molecule has 1 aromatic rings. The molecule has 2 atom stereocenters. The topological polar surface area (TPSA) is 120 Å². The quantitative estimate of drug-likeness (QED) is 0.430. The molecule has 0 saturated carbocycles. The zero-order valence-corrected chi connectivity index (χ0v) is 19.5. The van der Waals surface area contributed by atoms with E-state index in [4.69, 9.17) is 24.5 Å². The molecule has 0 radical (unpaired) electrons. The van der Waals surface area contributed by atoms with Crippen molar-refractivity contribution in [2.75, 3.05) is 26.2 Å². The lowest BCUT2D eigenvalue weighted by atomic mass is 9.97. The van der Waals surface area contributed by atoms with Gasteiger partial charge in [0.15, 0.2) is 0 Å². The minimum Gasteiger partial charge on any atom is -0.475 e. The van der Waals surface area contributed by atoms with Crippen LogP contribution in [-0.2, 0) is 25.7 Å². The number of piperidine rings is 1. The van der Waals surface area contributed by atoms with E-state index >= 15 is 0 Å². The molecule has 2 aliphatic heterocycles. The van der Waals surface area contributed by atoms with Crippen LogP contribution in [-0.4, -0.2) is 93.6 Å². The number of alkyl halides is 6. The molecule has 1 aromatic heterocycles. The van der Waals surface area contributed by atoms with Crippen molar-refractivity contribution in [1.29, 1.82) is 0 Å². The fourth-order valence-corrected chi connectivity index (χ4v) is 3.47. The number of hydrogen-bond acceptors (Lipinski definition) is 6. The van der Waals surface area contributed by atoms with Gasteiger partial charge in [0, 0.05) is 45.0 Å². The summed E-state index contributed by atoms with van der Waals surface area (Å²) in [5.74, 6) is -5.28. The number of carboxylic acid groups (broad SMARTS) is 2. The van der Waals surface area contributed by atoms with Crippen LogP contribution >= 0.6 is 0 Å². The van der Waals surface area contributed by atoms with Gasteiger partial charge in [0.1, 0.15) is 0 Å². The molecule has 0 spiro atoms. The van der Waals surface area contributed by atoms with E-state index in [1.807, 2.05) is 23.2 Å². The van der Waals surface area contributed by atoms with E-state index in [9.17, 15) is 31.1 Å². The SMILES string of the molecule is C=CCCC(=O)N1CC[C@@H]2OCCN(Cc3cccnc3)[C@H]2C1.O=C(O)C(F)(F)F.O=C(O)C(F)(F)F. The number of hydrogen-bond donors (Lipinski definition) is 2. The molecule has 2 aliphatic rings. The second-order valence-electron chi connectivity index (χ2n) is 7.87. The van der Waals surface area contributed by atoms with E-state index in [2.05, 4.69) is 22.5 Å². The first-order chi connectivity index (χ1) is 17.2. The van der Waals surface area contributed by atoms with Gasteiger partial charge < -0.3 is 19.8 Å². The number of fused-ring (bicyclic) bond motifs is 1. The van der Waals surface area contributed by atoms with Gasteiger partial charge in [-0.2, -0.15) is 26.3 Å². The summed E-state index contributed by atoms with van der Waals surface area (Å²) in [6.45, 7) is 7.81. The summed E-state index contributed by atoms with van der Waals surface area (Å²) >= 11 is 0. The lowest BCUT2D eigenvalue weighted by molar-refractivity contribution is -0.193. The third-order valence-corrected chi connectivity index (χ3v) is 5.21. The number of nitrogens with zero attached hydrogens (tertiary/aromatic N) is 3. The van der Waals surface area contributed by atoms with Crippen LogP contribution in [0.2, 0.25) is 0 Å². The lowest BCUT2D eigenvalue weighted by Gasteiger charge is -2.47. The van der Waals surface area contributed by atoms with Crippen molar-refractivity contribution < 1.29 is 55.7 Å². The van der Waals surface area contributed by atoms with Crippen LogP contribution in [0.5, 0.6) is 0 Å². The Morgan fingerprint density at radius 3 is 2.19 bits per heavy atom. The summed E-state index contributed by atoms with van der Waals surface area (Å²) in [5.41, 5.74) is 1.21. The van der Waals surface area contributed by atoms with Crippen LogP contribution in [0.15, 0.2) is 37.2 Å². The Morgan fingerprint density at radius 2 is 1.70 bits per heavy atom. The van der Waals surface area contributed by atoms with E-state index in [0.717, 1.165) is 45.6 Å². The van der Waals surface area contributed by atoms with Crippen LogP contribution in [0.1, 0.15) is 24.8 Å². The molecule has 1 amide bonds. The lowest BCUT2D eigenvalue weighted by Crippen LogP contribution is -2.60. The number of likely N-dealkylation sites (tertiary alicyclic amines) is 1. The van der Waals surface area contributed by atoms with Crippen LogP contribution in [0.4, 0.5) is 26.3 Å². The monoisotopic (exact) mass is 543 g/mol. The molecule has 3 heterocycles. The van der Waals surface area contributed by atoms with Crippen molar-refractivity contribution in [3.05, 3.63) is 42.7 Å². The summed E-state index contributed by atoms with van der Waals surface area (Å²) in [6, 6.07) is 4.36. The Morgan fingerprint density at radius 1 is 1.11 bits per heavy atom. The van der Waals surface area contributed by atoms with Crippen molar-refractivity contribution in [3.63, 3.8) is 0 Å². The van der Waals surface area contributed by atoms with E-state index in [1.165, 1.54) is 5.56 Å². The van der Waals surface area contributed by atoms with E-state index < -0.39 is 24.3 Å². The molecule has 2 N–H and O–H groups in total. The number of amides is 1. The van der Waals surface area contributed by atoms with Gasteiger partial charge >= 0.3 is 24.3 Å². The molecule has 2 fully saturated rings. The predicted molar refractivity (Wildman–Crippen MR) is 116 cm³/mol. The van der Waals surface area contributed by atoms with E-state index in [-0.39, 0.29) is 18.1 Å². The van der Waals surface area contributed by atoms with E-state index in [0.29, 0.717) is 6.42 Å². The molecular formula is C22H27F6N3O6. The number of carboxylic acids is 2. The zero-order valence-electron chi connectivity index (χ0n) is 19.5. The smallest absolute Gasteiger partial charge is 0.475 e. The van der Waals surface area contributed by atoms with Crippen LogP contribution in [0.3, 0.4) is 0 Å². The van der Waals surface area contributed by atoms with Gasteiger partial charge in [0.05, 0.1) is 18.8 Å². The third kappa shape index (κ3) is 11.6. The highest BCUT2D eigenvalue weighted by Gasteiger charge is 2.39. The van der Waals surface area contributed by atoms with Gasteiger partial charge in [-0.05, 0) is 24.5 Å². The second-order valence-corrected chi connectivity index (χ2v) is 7.87. The number of rotatable bonds is 5. The summed E-state index contributed by atoms with van der Waals surface area (Å²) < 4.78 is 69.4. The largest absolute Gasteiger partial charge is 0.490 e. The number of pyridine rings is 1. The number of morpholine rings is 1. The average Bonchev–Trinajstić information content (AvgIpc) is 2.82. The second kappa shape index (κ2) is 14.5. The van der Waals surface area contributed by atoms with Crippen molar-refractivity contribution >= 4 is 17.8 Å². The minimum absolute atomic E-state index is 0.232. The minimum atomic E-state index is -5.08. The highest BCUT2D eigenvalue weighted by molar-refractivity contribution is 5.76. The fraction of sp³-hybridized carbons (Fsp3) is 0.545. The van der Waals surface area contributed by atoms with Crippen molar-refractivity contribution in [2.24, 2.45) is 0 Å². The number of halogens is 6. The molecule has 0 bridgehead atoms. The van der Waals surface area contributed by atoms with Gasteiger partial charge in [-0.15, -0.1) is 6.58 Å². The summed E-state index contributed by atoms with van der Waals surface area (Å²) in [6.07, 6.45) is -2.17. The van der Waals surface area contributed by atoms with Gasteiger partial charge in [-0.25, -0.2) is 9.59 Å². The van der Waals surface area contributed by atoms with Crippen molar-refractivity contribution in [3.8, 4) is 0 Å². The normalized spacial score (nSPS) is 19.8. The zero-order chi connectivity index (χ0) is 28.2. The molecule has 9 nitrogen and oxygen atoms in total. The first kappa shape index (κ1) is 31.8. The number of aromatic nitrogens is 1. The Balaban J connectivity index is 0.000000404. The van der Waals surface area contributed by atoms with Gasteiger partial charge in [0.2, 0.25) is 5.91 Å². The van der Waals surface area contributed by atoms with Gasteiger partial charge in [-0.3, -0.25) is 14.7 Å². The van der Waals surface area contributed by atoms with Crippen molar-refractivity contribution in [1.82, 2.24) is 14.8 Å². The Labute approximate surface area is 208 Å². The third-order valence-electron chi connectivity index (χ3n) is 5.21. The first-order valence-corrected chi connectivity index (χ1v) is 10.9. The van der Waals surface area contributed by atoms with Gasteiger partial charge in [0.25, 0.3) is 0 Å². The fourth-order valence-electron chi connectivity index (χ4n) is 3.47. The summed E-state index contributed by atoms with van der Waals surface area (Å²) in [7, 11) is 0. The molecule has 37 heavy (non-hydrogen) atoms. The molecule has 0 unspecified atom stereocenters. The molecule has 2 saturated heterocycles. The van der Waals surface area contributed by atoms with Crippen LogP contribution in [0, 0.1) is 0 Å². The van der Waals surface area contributed by atoms with Gasteiger partial charge in [-0.1, -0.05) is 12.1 Å². The Bertz CT molecular complexity index is 873. The number of carbonyl (C=O) groups excluding carboxylic acids is 1. The number of ether oxygens (including phenoxy) is 1.